The summed E-state index contributed by atoms with van der Waals surface area (Å²) in [4.78, 5) is 8.85. The lowest BCUT2D eigenvalue weighted by Crippen LogP contribution is -2.24. The summed E-state index contributed by atoms with van der Waals surface area (Å²) >= 11 is 1.68. The zero-order valence-electron chi connectivity index (χ0n) is 9.60. The molecule has 4 nitrogen and oxygen atoms in total. The molecular formula is C12H16N4S. The smallest absolute Gasteiger partial charge is 0.0998 e. The minimum atomic E-state index is 0.678. The van der Waals surface area contributed by atoms with Crippen LogP contribution in [0.3, 0.4) is 0 Å². The van der Waals surface area contributed by atoms with E-state index in [2.05, 4.69) is 20.7 Å². The zero-order valence-corrected chi connectivity index (χ0v) is 10.4. The molecule has 0 aliphatic heterocycles. The molecule has 2 aromatic heterocycles. The molecule has 0 amide bonds. The third-order valence-corrected chi connectivity index (χ3v) is 3.22. The van der Waals surface area contributed by atoms with Crippen LogP contribution in [-0.2, 0) is 6.42 Å². The Bertz CT molecular complexity index is 441. The highest BCUT2D eigenvalue weighted by atomic mass is 32.1. The van der Waals surface area contributed by atoms with Gasteiger partial charge in [0.2, 0.25) is 0 Å². The fraction of sp³-hybridized carbons (Fsp3) is 0.333. The highest BCUT2D eigenvalue weighted by Gasteiger charge is 2.04. The van der Waals surface area contributed by atoms with Gasteiger partial charge in [0.15, 0.2) is 0 Å². The van der Waals surface area contributed by atoms with E-state index in [0.717, 1.165) is 35.9 Å². The molecule has 0 aliphatic rings. The Balaban J connectivity index is 1.92. The molecular weight excluding hydrogens is 232 g/mol. The first-order valence-corrected chi connectivity index (χ1v) is 6.54. The van der Waals surface area contributed by atoms with Gasteiger partial charge >= 0.3 is 0 Å². The molecule has 0 saturated heterocycles. The van der Waals surface area contributed by atoms with Crippen LogP contribution in [0.1, 0.15) is 5.01 Å². The number of pyridine rings is 1. The summed E-state index contributed by atoms with van der Waals surface area (Å²) in [5.74, 6) is 0. The second-order valence-electron chi connectivity index (χ2n) is 3.63. The van der Waals surface area contributed by atoms with Gasteiger partial charge in [0.05, 0.1) is 16.4 Å². The number of nitrogens with two attached hydrogens (primary N) is 1. The Morgan fingerprint density at radius 3 is 2.94 bits per heavy atom. The maximum Gasteiger partial charge on any atom is 0.0998 e. The minimum Gasteiger partial charge on any atom is -0.329 e. The predicted octanol–water partition coefficient (Wildman–Crippen LogP) is 1.30. The summed E-state index contributed by atoms with van der Waals surface area (Å²) in [6.07, 6.45) is 2.73. The highest BCUT2D eigenvalue weighted by Crippen LogP contribution is 2.19. The molecule has 90 valence electrons. The van der Waals surface area contributed by atoms with E-state index in [1.807, 2.05) is 18.2 Å². The maximum atomic E-state index is 5.40. The summed E-state index contributed by atoms with van der Waals surface area (Å²) in [6, 6.07) is 5.86. The molecule has 3 N–H and O–H groups in total. The summed E-state index contributed by atoms with van der Waals surface area (Å²) in [5.41, 5.74) is 7.30. The zero-order chi connectivity index (χ0) is 11.9. The van der Waals surface area contributed by atoms with E-state index in [1.165, 1.54) is 0 Å². The van der Waals surface area contributed by atoms with Crippen molar-refractivity contribution in [2.75, 3.05) is 19.6 Å². The Hall–Kier alpha value is -1.30. The van der Waals surface area contributed by atoms with Crippen LogP contribution in [0.5, 0.6) is 0 Å². The van der Waals surface area contributed by atoms with Gasteiger partial charge in [-0.25, -0.2) is 4.98 Å². The minimum absolute atomic E-state index is 0.678. The Morgan fingerprint density at radius 2 is 2.18 bits per heavy atom. The van der Waals surface area contributed by atoms with Crippen molar-refractivity contribution in [3.05, 3.63) is 34.8 Å². The first-order chi connectivity index (χ1) is 8.40. The number of nitrogens with zero attached hydrogens (tertiary/aromatic N) is 2. The van der Waals surface area contributed by atoms with Crippen molar-refractivity contribution < 1.29 is 0 Å². The van der Waals surface area contributed by atoms with Crippen molar-refractivity contribution in [3.63, 3.8) is 0 Å². The van der Waals surface area contributed by atoms with E-state index in [0.29, 0.717) is 6.54 Å². The fourth-order valence-corrected chi connectivity index (χ4v) is 2.27. The van der Waals surface area contributed by atoms with E-state index in [9.17, 15) is 0 Å². The van der Waals surface area contributed by atoms with Crippen molar-refractivity contribution in [2.45, 2.75) is 6.42 Å². The molecule has 0 aliphatic carbocycles. The molecule has 17 heavy (non-hydrogen) atoms. The van der Waals surface area contributed by atoms with E-state index >= 15 is 0 Å². The molecule has 5 heteroatoms. The van der Waals surface area contributed by atoms with E-state index in [4.69, 9.17) is 5.73 Å². The summed E-state index contributed by atoms with van der Waals surface area (Å²) in [7, 11) is 0. The monoisotopic (exact) mass is 248 g/mol. The largest absolute Gasteiger partial charge is 0.329 e. The Morgan fingerprint density at radius 1 is 1.24 bits per heavy atom. The first-order valence-electron chi connectivity index (χ1n) is 5.67. The van der Waals surface area contributed by atoms with E-state index in [1.54, 1.807) is 17.5 Å². The molecule has 2 rings (SSSR count). The lowest BCUT2D eigenvalue weighted by Gasteiger charge is -1.99. The summed E-state index contributed by atoms with van der Waals surface area (Å²) in [6.45, 7) is 2.46. The van der Waals surface area contributed by atoms with E-state index < -0.39 is 0 Å². The molecule has 0 aromatic carbocycles. The number of nitrogens with one attached hydrogen (secondary N) is 1. The SMILES string of the molecule is NCCNCCc1nc(-c2ccccn2)cs1. The molecule has 2 aromatic rings. The quantitative estimate of drug-likeness (QED) is 0.756. The third kappa shape index (κ3) is 3.59. The average Bonchev–Trinajstić information content (AvgIpc) is 2.85. The van der Waals surface area contributed by atoms with Crippen molar-refractivity contribution in [1.29, 1.82) is 0 Å². The molecule has 0 atom stereocenters. The molecule has 0 bridgehead atoms. The lowest BCUT2D eigenvalue weighted by atomic mass is 10.3. The number of hydrogen-bond donors (Lipinski definition) is 2. The van der Waals surface area contributed by atoms with Gasteiger partial charge < -0.3 is 11.1 Å². The van der Waals surface area contributed by atoms with Gasteiger partial charge in [-0.05, 0) is 12.1 Å². The number of thiazole rings is 1. The van der Waals surface area contributed by atoms with Crippen molar-refractivity contribution in [1.82, 2.24) is 15.3 Å². The summed E-state index contributed by atoms with van der Waals surface area (Å²) < 4.78 is 0. The summed E-state index contributed by atoms with van der Waals surface area (Å²) in [5, 5.41) is 6.45. The van der Waals surface area contributed by atoms with Crippen molar-refractivity contribution in [3.8, 4) is 11.4 Å². The van der Waals surface area contributed by atoms with Gasteiger partial charge in [0, 0.05) is 37.6 Å². The third-order valence-electron chi connectivity index (χ3n) is 2.32. The van der Waals surface area contributed by atoms with E-state index in [-0.39, 0.29) is 0 Å². The van der Waals surface area contributed by atoms with Gasteiger partial charge in [-0.15, -0.1) is 11.3 Å². The average molecular weight is 248 g/mol. The van der Waals surface area contributed by atoms with Crippen LogP contribution >= 0.6 is 11.3 Å². The predicted molar refractivity (Wildman–Crippen MR) is 71.0 cm³/mol. The van der Waals surface area contributed by atoms with Gasteiger partial charge in [-0.1, -0.05) is 6.07 Å². The molecule has 0 saturated carbocycles. The lowest BCUT2D eigenvalue weighted by molar-refractivity contribution is 0.687. The highest BCUT2D eigenvalue weighted by molar-refractivity contribution is 7.09. The second kappa shape index (κ2) is 6.44. The topological polar surface area (TPSA) is 63.8 Å². The Kier molecular flexibility index (Phi) is 4.61. The van der Waals surface area contributed by atoms with Crippen LogP contribution in [0, 0.1) is 0 Å². The van der Waals surface area contributed by atoms with Gasteiger partial charge in [0.25, 0.3) is 0 Å². The van der Waals surface area contributed by atoms with Crippen LogP contribution < -0.4 is 11.1 Å². The molecule has 0 unspecified atom stereocenters. The standard InChI is InChI=1S/C12H16N4S/c13-5-8-14-7-4-12-16-11(9-17-12)10-3-1-2-6-15-10/h1-3,6,9,14H,4-5,7-8,13H2. The van der Waals surface area contributed by atoms with Crippen molar-refractivity contribution >= 4 is 11.3 Å². The fourth-order valence-electron chi connectivity index (χ4n) is 1.48. The van der Waals surface area contributed by atoms with Crippen LogP contribution in [0.25, 0.3) is 11.4 Å². The molecule has 2 heterocycles. The first kappa shape index (κ1) is 12.2. The normalized spacial score (nSPS) is 10.6. The number of rotatable bonds is 6. The van der Waals surface area contributed by atoms with Crippen LogP contribution in [0.15, 0.2) is 29.8 Å². The Labute approximate surface area is 105 Å². The molecule has 0 spiro atoms. The van der Waals surface area contributed by atoms with Crippen molar-refractivity contribution in [2.24, 2.45) is 5.73 Å². The second-order valence-corrected chi connectivity index (χ2v) is 4.57. The van der Waals surface area contributed by atoms with Gasteiger partial charge in [0.1, 0.15) is 0 Å². The number of aromatic nitrogens is 2. The van der Waals surface area contributed by atoms with Crippen LogP contribution in [0.4, 0.5) is 0 Å². The number of hydrogen-bond acceptors (Lipinski definition) is 5. The van der Waals surface area contributed by atoms with Gasteiger partial charge in [-0.3, -0.25) is 4.98 Å². The van der Waals surface area contributed by atoms with Gasteiger partial charge in [-0.2, -0.15) is 0 Å². The van der Waals surface area contributed by atoms with Crippen LogP contribution in [0.2, 0.25) is 0 Å². The molecule has 0 radical (unpaired) electrons. The maximum absolute atomic E-state index is 5.40. The van der Waals surface area contributed by atoms with Crippen LogP contribution in [-0.4, -0.2) is 29.6 Å². The molecule has 0 fully saturated rings.